The smallest absolute Gasteiger partial charge is 0.229 e. The molecule has 1 aliphatic rings. The second-order valence-electron chi connectivity index (χ2n) is 5.38. The van der Waals surface area contributed by atoms with Crippen LogP contribution in [0.25, 0.3) is 0 Å². The highest BCUT2D eigenvalue weighted by Crippen LogP contribution is 2.27. The maximum absolute atomic E-state index is 12.4. The molecule has 0 bridgehead atoms. The summed E-state index contributed by atoms with van der Waals surface area (Å²) >= 11 is 9.28. The van der Waals surface area contributed by atoms with Gasteiger partial charge < -0.3 is 10.2 Å². The summed E-state index contributed by atoms with van der Waals surface area (Å²) < 4.78 is 0.947. The molecule has 0 aliphatic carbocycles. The maximum atomic E-state index is 12.4. The van der Waals surface area contributed by atoms with E-state index < -0.39 is 0 Å². The van der Waals surface area contributed by atoms with E-state index in [4.69, 9.17) is 11.6 Å². The molecule has 2 amide bonds. The van der Waals surface area contributed by atoms with Crippen molar-refractivity contribution in [2.45, 2.75) is 6.42 Å². The maximum Gasteiger partial charge on any atom is 0.229 e. The minimum atomic E-state index is -0.370. The fourth-order valence-electron chi connectivity index (χ4n) is 2.56. The van der Waals surface area contributed by atoms with Gasteiger partial charge in [0.25, 0.3) is 0 Å². The highest BCUT2D eigenvalue weighted by Gasteiger charge is 2.35. The quantitative estimate of drug-likeness (QED) is 0.854. The summed E-state index contributed by atoms with van der Waals surface area (Å²) in [4.78, 5) is 26.2. The Hall–Kier alpha value is -1.85. The minimum Gasteiger partial charge on any atom is -0.326 e. The van der Waals surface area contributed by atoms with Gasteiger partial charge in [0.15, 0.2) is 0 Å². The Balaban J connectivity index is 1.69. The van der Waals surface area contributed by atoms with Gasteiger partial charge in [-0.1, -0.05) is 33.6 Å². The Labute approximate surface area is 147 Å². The lowest BCUT2D eigenvalue weighted by Crippen LogP contribution is -2.28. The van der Waals surface area contributed by atoms with Crippen LogP contribution in [-0.4, -0.2) is 18.4 Å². The largest absolute Gasteiger partial charge is 0.326 e. The van der Waals surface area contributed by atoms with Crippen LogP contribution in [0.4, 0.5) is 11.4 Å². The van der Waals surface area contributed by atoms with Crippen molar-refractivity contribution in [3.05, 3.63) is 58.0 Å². The van der Waals surface area contributed by atoms with E-state index in [0.29, 0.717) is 17.3 Å². The van der Waals surface area contributed by atoms with Gasteiger partial charge in [0.05, 0.1) is 5.92 Å². The molecule has 23 heavy (non-hydrogen) atoms. The minimum absolute atomic E-state index is 0.0430. The van der Waals surface area contributed by atoms with Crippen molar-refractivity contribution in [1.29, 1.82) is 0 Å². The van der Waals surface area contributed by atoms with Gasteiger partial charge in [-0.15, -0.1) is 0 Å². The van der Waals surface area contributed by atoms with Gasteiger partial charge in [-0.25, -0.2) is 0 Å². The van der Waals surface area contributed by atoms with Crippen LogP contribution in [0.1, 0.15) is 6.42 Å². The van der Waals surface area contributed by atoms with Crippen LogP contribution in [0.3, 0.4) is 0 Å². The average molecular weight is 394 g/mol. The van der Waals surface area contributed by atoms with Crippen LogP contribution in [0.2, 0.25) is 5.02 Å². The van der Waals surface area contributed by atoms with Crippen LogP contribution in [0.15, 0.2) is 53.0 Å². The molecule has 2 aromatic carbocycles. The van der Waals surface area contributed by atoms with Crippen molar-refractivity contribution >= 4 is 50.7 Å². The van der Waals surface area contributed by atoms with Crippen LogP contribution >= 0.6 is 27.5 Å². The van der Waals surface area contributed by atoms with Gasteiger partial charge in [-0.05, 0) is 42.5 Å². The predicted molar refractivity (Wildman–Crippen MR) is 94.7 cm³/mol. The molecule has 118 valence electrons. The molecular formula is C17H14BrClN2O2. The first-order chi connectivity index (χ1) is 11.0. The molecule has 0 aromatic heterocycles. The molecule has 4 nitrogen and oxygen atoms in total. The number of hydrogen-bond donors (Lipinski definition) is 1. The monoisotopic (exact) mass is 392 g/mol. The average Bonchev–Trinajstić information content (AvgIpc) is 2.90. The molecule has 1 heterocycles. The van der Waals surface area contributed by atoms with Gasteiger partial charge in [0.1, 0.15) is 0 Å². The molecule has 1 fully saturated rings. The summed E-state index contributed by atoms with van der Waals surface area (Å²) in [6, 6.07) is 14.4. The Kier molecular flexibility index (Phi) is 4.68. The third kappa shape index (κ3) is 3.74. The van der Waals surface area contributed by atoms with Gasteiger partial charge in [-0.2, -0.15) is 0 Å². The predicted octanol–water partition coefficient (Wildman–Crippen LogP) is 4.09. The van der Waals surface area contributed by atoms with Gasteiger partial charge in [-0.3, -0.25) is 9.59 Å². The second-order valence-corrected chi connectivity index (χ2v) is 6.73. The van der Waals surface area contributed by atoms with Crippen LogP contribution in [-0.2, 0) is 9.59 Å². The van der Waals surface area contributed by atoms with Crippen LogP contribution in [0.5, 0.6) is 0 Å². The Bertz CT molecular complexity index is 749. The molecular weight excluding hydrogens is 380 g/mol. The SMILES string of the molecule is O=C(Nc1cccc(Cl)c1)[C@@H]1CC(=O)N(c2ccc(Br)cc2)C1. The number of benzene rings is 2. The number of halogens is 2. The van der Waals surface area contributed by atoms with Crippen molar-refractivity contribution < 1.29 is 9.59 Å². The lowest BCUT2D eigenvalue weighted by molar-refractivity contribution is -0.122. The first-order valence-electron chi connectivity index (χ1n) is 7.15. The molecule has 0 unspecified atom stereocenters. The normalized spacial score (nSPS) is 17.4. The van der Waals surface area contributed by atoms with E-state index in [9.17, 15) is 9.59 Å². The summed E-state index contributed by atoms with van der Waals surface area (Å²) in [6.45, 7) is 0.382. The summed E-state index contributed by atoms with van der Waals surface area (Å²) in [7, 11) is 0. The van der Waals surface area contributed by atoms with E-state index in [2.05, 4.69) is 21.2 Å². The van der Waals surface area contributed by atoms with E-state index in [1.807, 2.05) is 24.3 Å². The molecule has 1 saturated heterocycles. The third-order valence-electron chi connectivity index (χ3n) is 3.73. The van der Waals surface area contributed by atoms with Crippen LogP contribution < -0.4 is 10.2 Å². The number of anilines is 2. The lowest BCUT2D eigenvalue weighted by atomic mass is 10.1. The van der Waals surface area contributed by atoms with Crippen molar-refractivity contribution in [2.24, 2.45) is 5.92 Å². The highest BCUT2D eigenvalue weighted by molar-refractivity contribution is 9.10. The zero-order valence-corrected chi connectivity index (χ0v) is 14.5. The van der Waals surface area contributed by atoms with Gasteiger partial charge >= 0.3 is 0 Å². The van der Waals surface area contributed by atoms with E-state index >= 15 is 0 Å². The van der Waals surface area contributed by atoms with E-state index in [1.165, 1.54) is 0 Å². The first kappa shape index (κ1) is 16.0. The number of hydrogen-bond acceptors (Lipinski definition) is 2. The summed E-state index contributed by atoms with van der Waals surface area (Å²) in [5.74, 6) is -0.580. The molecule has 1 N–H and O–H groups in total. The molecule has 0 saturated carbocycles. The fraction of sp³-hybridized carbons (Fsp3) is 0.176. The van der Waals surface area contributed by atoms with E-state index in [-0.39, 0.29) is 24.2 Å². The molecule has 3 rings (SSSR count). The summed E-state index contributed by atoms with van der Waals surface area (Å²) in [5.41, 5.74) is 1.44. The molecule has 6 heteroatoms. The number of nitrogens with zero attached hydrogens (tertiary/aromatic N) is 1. The van der Waals surface area contributed by atoms with Crippen molar-refractivity contribution in [1.82, 2.24) is 0 Å². The molecule has 0 spiro atoms. The number of rotatable bonds is 3. The highest BCUT2D eigenvalue weighted by atomic mass is 79.9. The second kappa shape index (κ2) is 6.72. The molecule has 0 radical (unpaired) electrons. The summed E-state index contributed by atoms with van der Waals surface area (Å²) in [6.07, 6.45) is 0.211. The van der Waals surface area contributed by atoms with Crippen LogP contribution in [0, 0.1) is 5.92 Å². The first-order valence-corrected chi connectivity index (χ1v) is 8.32. The van der Waals surface area contributed by atoms with Crippen molar-refractivity contribution in [3.63, 3.8) is 0 Å². The van der Waals surface area contributed by atoms with Gasteiger partial charge in [0, 0.05) is 33.8 Å². The van der Waals surface area contributed by atoms with Gasteiger partial charge in [0.2, 0.25) is 11.8 Å². The zero-order chi connectivity index (χ0) is 16.4. The number of nitrogens with one attached hydrogen (secondary N) is 1. The molecule has 1 atom stereocenters. The van der Waals surface area contributed by atoms with E-state index in [0.717, 1.165) is 10.2 Å². The fourth-order valence-corrected chi connectivity index (χ4v) is 3.02. The molecule has 1 aliphatic heterocycles. The Morgan fingerprint density at radius 3 is 2.65 bits per heavy atom. The zero-order valence-electron chi connectivity index (χ0n) is 12.1. The lowest BCUT2D eigenvalue weighted by Gasteiger charge is -2.16. The Morgan fingerprint density at radius 2 is 1.96 bits per heavy atom. The number of amides is 2. The van der Waals surface area contributed by atoms with E-state index in [1.54, 1.807) is 29.2 Å². The topological polar surface area (TPSA) is 49.4 Å². The Morgan fingerprint density at radius 1 is 1.22 bits per heavy atom. The van der Waals surface area contributed by atoms with Crippen molar-refractivity contribution in [2.75, 3.05) is 16.8 Å². The summed E-state index contributed by atoms with van der Waals surface area (Å²) in [5, 5.41) is 3.37. The number of carbonyl (C=O) groups excluding carboxylic acids is 2. The molecule has 2 aromatic rings. The number of carbonyl (C=O) groups is 2. The standard InChI is InChI=1S/C17H14BrClN2O2/c18-12-4-6-15(7-5-12)21-10-11(8-16(21)22)17(23)20-14-3-1-2-13(19)9-14/h1-7,9,11H,8,10H2,(H,20,23)/t11-/m1/s1. The third-order valence-corrected chi connectivity index (χ3v) is 4.49. The van der Waals surface area contributed by atoms with Crippen molar-refractivity contribution in [3.8, 4) is 0 Å².